The van der Waals surface area contributed by atoms with Crippen LogP contribution in [0.3, 0.4) is 0 Å². The van der Waals surface area contributed by atoms with Gasteiger partial charge in [0.15, 0.2) is 11.5 Å². The van der Waals surface area contributed by atoms with E-state index in [2.05, 4.69) is 14.8 Å². The Morgan fingerprint density at radius 1 is 1.37 bits per heavy atom. The summed E-state index contributed by atoms with van der Waals surface area (Å²) in [5, 5.41) is 12.0. The van der Waals surface area contributed by atoms with Crippen molar-refractivity contribution >= 4 is 5.97 Å². The van der Waals surface area contributed by atoms with Gasteiger partial charge in [-0.15, -0.1) is 8.78 Å². The van der Waals surface area contributed by atoms with Gasteiger partial charge in [0.25, 0.3) is 0 Å². The van der Waals surface area contributed by atoms with Crippen LogP contribution in [0, 0.1) is 5.92 Å². The molecule has 1 fully saturated rings. The highest BCUT2D eigenvalue weighted by Crippen LogP contribution is 2.42. The van der Waals surface area contributed by atoms with Crippen molar-refractivity contribution in [2.75, 3.05) is 6.54 Å². The van der Waals surface area contributed by atoms with Gasteiger partial charge in [-0.05, 0) is 24.1 Å². The van der Waals surface area contributed by atoms with E-state index in [-0.39, 0.29) is 17.5 Å². The molecule has 2 heterocycles. The first kappa shape index (κ1) is 12.2. The van der Waals surface area contributed by atoms with Gasteiger partial charge in [0.2, 0.25) is 0 Å². The first-order valence-corrected chi connectivity index (χ1v) is 5.80. The van der Waals surface area contributed by atoms with Crippen molar-refractivity contribution in [3.05, 3.63) is 23.8 Å². The van der Waals surface area contributed by atoms with Crippen molar-refractivity contribution in [2.24, 2.45) is 5.92 Å². The lowest BCUT2D eigenvalue weighted by Crippen LogP contribution is -2.25. The Balaban J connectivity index is 1.80. The Bertz CT molecular complexity index is 534. The molecule has 0 aliphatic carbocycles. The van der Waals surface area contributed by atoms with Crippen molar-refractivity contribution in [1.82, 2.24) is 5.32 Å². The van der Waals surface area contributed by atoms with Crippen molar-refractivity contribution < 1.29 is 28.2 Å². The van der Waals surface area contributed by atoms with Crippen LogP contribution in [0.15, 0.2) is 18.2 Å². The molecule has 102 valence electrons. The predicted molar refractivity (Wildman–Crippen MR) is 59.1 cm³/mol. The van der Waals surface area contributed by atoms with E-state index in [0.717, 1.165) is 0 Å². The molecule has 2 unspecified atom stereocenters. The molecule has 3 rings (SSSR count). The lowest BCUT2D eigenvalue weighted by Gasteiger charge is -2.10. The molecular weight excluding hydrogens is 260 g/mol. The third-order valence-electron chi connectivity index (χ3n) is 3.31. The average molecular weight is 271 g/mol. The number of fused-ring (bicyclic) bond motifs is 1. The van der Waals surface area contributed by atoms with Crippen molar-refractivity contribution in [2.45, 2.75) is 18.8 Å². The highest BCUT2D eigenvalue weighted by Gasteiger charge is 2.43. The molecule has 1 saturated heterocycles. The Morgan fingerprint density at radius 2 is 2.11 bits per heavy atom. The van der Waals surface area contributed by atoms with E-state index >= 15 is 0 Å². The fraction of sp³-hybridized carbons (Fsp3) is 0.417. The quantitative estimate of drug-likeness (QED) is 0.857. The summed E-state index contributed by atoms with van der Waals surface area (Å²) in [5.74, 6) is -1.36. The SMILES string of the molecule is O=C(O)C1CNC(c2ccc3c(c2)OC(F)(F)O3)C1. The summed E-state index contributed by atoms with van der Waals surface area (Å²) < 4.78 is 34.4. The summed E-state index contributed by atoms with van der Waals surface area (Å²) in [4.78, 5) is 10.9. The minimum atomic E-state index is -3.63. The third-order valence-corrected chi connectivity index (χ3v) is 3.31. The number of rotatable bonds is 2. The Labute approximate surface area is 107 Å². The molecule has 2 aliphatic rings. The lowest BCUT2D eigenvalue weighted by molar-refractivity contribution is -0.286. The molecule has 0 aromatic heterocycles. The van der Waals surface area contributed by atoms with Gasteiger partial charge < -0.3 is 19.9 Å². The molecule has 0 bridgehead atoms. The number of hydrogen-bond acceptors (Lipinski definition) is 4. The maximum Gasteiger partial charge on any atom is 0.586 e. The fourth-order valence-corrected chi connectivity index (χ4v) is 2.36. The van der Waals surface area contributed by atoms with E-state index < -0.39 is 18.2 Å². The van der Waals surface area contributed by atoms with Crippen LogP contribution in [-0.2, 0) is 4.79 Å². The third kappa shape index (κ3) is 2.21. The molecule has 0 saturated carbocycles. The molecule has 2 aliphatic heterocycles. The van der Waals surface area contributed by atoms with Gasteiger partial charge in [-0.1, -0.05) is 6.07 Å². The highest BCUT2D eigenvalue weighted by molar-refractivity contribution is 5.70. The van der Waals surface area contributed by atoms with Crippen LogP contribution in [0.4, 0.5) is 8.78 Å². The maximum atomic E-state index is 12.9. The molecule has 2 N–H and O–H groups in total. The summed E-state index contributed by atoms with van der Waals surface area (Å²) >= 11 is 0. The molecule has 1 aromatic carbocycles. The normalized spacial score (nSPS) is 27.5. The zero-order valence-corrected chi connectivity index (χ0v) is 9.73. The van der Waals surface area contributed by atoms with Crippen LogP contribution >= 0.6 is 0 Å². The molecular formula is C12H11F2NO4. The Kier molecular flexibility index (Phi) is 2.60. The number of aliphatic carboxylic acids is 1. The number of halogens is 2. The fourth-order valence-electron chi connectivity index (χ4n) is 2.36. The second kappa shape index (κ2) is 4.06. The van der Waals surface area contributed by atoms with Crippen LogP contribution in [0.25, 0.3) is 0 Å². The van der Waals surface area contributed by atoms with Crippen LogP contribution < -0.4 is 14.8 Å². The van der Waals surface area contributed by atoms with Crippen LogP contribution in [-0.4, -0.2) is 23.9 Å². The first-order valence-electron chi connectivity index (χ1n) is 5.80. The minimum Gasteiger partial charge on any atom is -0.481 e. The number of nitrogens with one attached hydrogen (secondary N) is 1. The number of hydrogen-bond donors (Lipinski definition) is 2. The second-order valence-electron chi connectivity index (χ2n) is 4.61. The summed E-state index contributed by atoms with van der Waals surface area (Å²) in [6, 6.07) is 4.31. The number of carboxylic acid groups (broad SMARTS) is 1. The van der Waals surface area contributed by atoms with Gasteiger partial charge in [-0.2, -0.15) is 0 Å². The minimum absolute atomic E-state index is 0.0125. The number of alkyl halides is 2. The average Bonchev–Trinajstić information content (AvgIpc) is 2.89. The molecule has 0 amide bonds. The number of carbonyl (C=O) groups is 1. The molecule has 0 radical (unpaired) electrons. The monoisotopic (exact) mass is 271 g/mol. The van der Waals surface area contributed by atoms with E-state index in [4.69, 9.17) is 5.11 Å². The predicted octanol–water partition coefficient (Wildman–Crippen LogP) is 1.74. The summed E-state index contributed by atoms with van der Waals surface area (Å²) in [5.41, 5.74) is 0.712. The maximum absolute atomic E-state index is 12.9. The number of carboxylic acids is 1. The van der Waals surface area contributed by atoms with Gasteiger partial charge in [0, 0.05) is 12.6 Å². The molecule has 7 heteroatoms. The van der Waals surface area contributed by atoms with E-state index in [9.17, 15) is 13.6 Å². The summed E-state index contributed by atoms with van der Waals surface area (Å²) in [7, 11) is 0. The van der Waals surface area contributed by atoms with Gasteiger partial charge in [0.1, 0.15) is 0 Å². The molecule has 19 heavy (non-hydrogen) atoms. The molecule has 1 aromatic rings. The van der Waals surface area contributed by atoms with Crippen molar-refractivity contribution in [1.29, 1.82) is 0 Å². The van der Waals surface area contributed by atoms with E-state index in [1.165, 1.54) is 12.1 Å². The van der Waals surface area contributed by atoms with E-state index in [1.54, 1.807) is 6.07 Å². The zero-order chi connectivity index (χ0) is 13.6. The number of benzene rings is 1. The smallest absolute Gasteiger partial charge is 0.481 e. The largest absolute Gasteiger partial charge is 0.586 e. The van der Waals surface area contributed by atoms with Crippen molar-refractivity contribution in [3.8, 4) is 11.5 Å². The standard InChI is InChI=1S/C12H11F2NO4/c13-12(14)18-9-2-1-6(4-10(9)19-12)8-3-7(5-15-8)11(16)17/h1-2,4,7-8,15H,3,5H2,(H,16,17). The highest BCUT2D eigenvalue weighted by atomic mass is 19.3. The topological polar surface area (TPSA) is 67.8 Å². The van der Waals surface area contributed by atoms with Crippen LogP contribution in [0.2, 0.25) is 0 Å². The van der Waals surface area contributed by atoms with Crippen LogP contribution in [0.5, 0.6) is 11.5 Å². The molecule has 0 spiro atoms. The first-order chi connectivity index (χ1) is 8.94. The molecule has 2 atom stereocenters. The van der Waals surface area contributed by atoms with Gasteiger partial charge >= 0.3 is 12.3 Å². The van der Waals surface area contributed by atoms with E-state index in [1.807, 2.05) is 0 Å². The van der Waals surface area contributed by atoms with Crippen LogP contribution in [0.1, 0.15) is 18.0 Å². The summed E-state index contributed by atoms with van der Waals surface area (Å²) in [6.07, 6.45) is -3.21. The number of ether oxygens (including phenoxy) is 2. The second-order valence-corrected chi connectivity index (χ2v) is 4.61. The van der Waals surface area contributed by atoms with E-state index in [0.29, 0.717) is 18.5 Å². The lowest BCUT2D eigenvalue weighted by atomic mass is 10.00. The van der Waals surface area contributed by atoms with Gasteiger partial charge in [-0.3, -0.25) is 4.79 Å². The summed E-state index contributed by atoms with van der Waals surface area (Å²) in [6.45, 7) is 0.366. The Morgan fingerprint density at radius 3 is 2.79 bits per heavy atom. The Hall–Kier alpha value is -1.89. The molecule has 5 nitrogen and oxygen atoms in total. The van der Waals surface area contributed by atoms with Gasteiger partial charge in [-0.25, -0.2) is 0 Å². The van der Waals surface area contributed by atoms with Gasteiger partial charge in [0.05, 0.1) is 5.92 Å². The zero-order valence-electron chi connectivity index (χ0n) is 9.73. The van der Waals surface area contributed by atoms with Crippen molar-refractivity contribution in [3.63, 3.8) is 0 Å².